The van der Waals surface area contributed by atoms with Gasteiger partial charge in [0.2, 0.25) is 0 Å². The zero-order valence-electron chi connectivity index (χ0n) is 16.1. The van der Waals surface area contributed by atoms with Crippen LogP contribution >= 0.6 is 11.8 Å². The Bertz CT molecular complexity index is 562. The standard InChI is InChI=1S/C19H32N6S/c1-3-20-19(23-15-17-5-4-12-26-17)22-14-16-6-7-18(21-13-16)25-10-8-24(2)9-11-25/h6-7,13,17H,3-5,8-12,14-15H2,1-2H3,(H2,20,22,23). The molecule has 0 saturated carbocycles. The van der Waals surface area contributed by atoms with E-state index in [2.05, 4.69) is 63.3 Å². The van der Waals surface area contributed by atoms with Crippen molar-refractivity contribution in [2.75, 3.05) is 57.0 Å². The van der Waals surface area contributed by atoms with Crippen molar-refractivity contribution in [2.45, 2.75) is 31.6 Å². The number of pyridine rings is 1. The van der Waals surface area contributed by atoms with E-state index in [0.717, 1.165) is 61.9 Å². The van der Waals surface area contributed by atoms with Crippen molar-refractivity contribution in [3.05, 3.63) is 23.9 Å². The van der Waals surface area contributed by atoms with Crippen LogP contribution in [0.25, 0.3) is 0 Å². The monoisotopic (exact) mass is 376 g/mol. The summed E-state index contributed by atoms with van der Waals surface area (Å²) < 4.78 is 0. The van der Waals surface area contributed by atoms with Crippen molar-refractivity contribution in [3.63, 3.8) is 0 Å². The van der Waals surface area contributed by atoms with Gasteiger partial charge in [0, 0.05) is 50.7 Å². The molecule has 1 aromatic heterocycles. The number of nitrogens with zero attached hydrogens (tertiary/aromatic N) is 4. The smallest absolute Gasteiger partial charge is 0.191 e. The van der Waals surface area contributed by atoms with E-state index in [0.29, 0.717) is 6.54 Å². The molecular weight excluding hydrogens is 344 g/mol. The number of anilines is 1. The van der Waals surface area contributed by atoms with Crippen LogP contribution in [0.3, 0.4) is 0 Å². The zero-order valence-corrected chi connectivity index (χ0v) is 16.9. The van der Waals surface area contributed by atoms with Gasteiger partial charge in [-0.3, -0.25) is 0 Å². The molecule has 2 N–H and O–H groups in total. The van der Waals surface area contributed by atoms with Crippen LogP contribution in [0, 0.1) is 0 Å². The molecule has 0 aliphatic carbocycles. The van der Waals surface area contributed by atoms with Gasteiger partial charge >= 0.3 is 0 Å². The molecule has 26 heavy (non-hydrogen) atoms. The molecule has 3 heterocycles. The molecule has 144 valence electrons. The Balaban J connectivity index is 1.51. The number of likely N-dealkylation sites (N-methyl/N-ethyl adjacent to an activating group) is 1. The molecule has 2 aliphatic heterocycles. The molecule has 1 unspecified atom stereocenters. The highest BCUT2D eigenvalue weighted by atomic mass is 32.2. The maximum atomic E-state index is 4.72. The summed E-state index contributed by atoms with van der Waals surface area (Å²) in [6.07, 6.45) is 4.62. The third-order valence-electron chi connectivity index (χ3n) is 4.92. The third-order valence-corrected chi connectivity index (χ3v) is 6.32. The van der Waals surface area contributed by atoms with Crippen LogP contribution in [-0.2, 0) is 6.54 Å². The fourth-order valence-corrected chi connectivity index (χ4v) is 4.46. The molecule has 3 rings (SSSR count). The Kier molecular flexibility index (Phi) is 7.43. The van der Waals surface area contributed by atoms with Crippen LogP contribution in [0.2, 0.25) is 0 Å². The van der Waals surface area contributed by atoms with Gasteiger partial charge in [0.25, 0.3) is 0 Å². The Hall–Kier alpha value is -1.47. The van der Waals surface area contributed by atoms with Gasteiger partial charge in [-0.05, 0) is 44.2 Å². The number of thioether (sulfide) groups is 1. The average molecular weight is 377 g/mol. The fraction of sp³-hybridized carbons (Fsp3) is 0.684. The van der Waals surface area contributed by atoms with Crippen LogP contribution in [0.4, 0.5) is 5.82 Å². The van der Waals surface area contributed by atoms with Gasteiger partial charge in [-0.2, -0.15) is 11.8 Å². The number of guanidine groups is 1. The molecule has 7 heteroatoms. The van der Waals surface area contributed by atoms with Crippen molar-refractivity contribution < 1.29 is 0 Å². The number of hydrogen-bond acceptors (Lipinski definition) is 5. The minimum absolute atomic E-state index is 0.656. The van der Waals surface area contributed by atoms with Crippen LogP contribution in [0.5, 0.6) is 0 Å². The molecule has 0 amide bonds. The normalized spacial score (nSPS) is 21.8. The fourth-order valence-electron chi connectivity index (χ4n) is 3.26. The summed E-state index contributed by atoms with van der Waals surface area (Å²) in [5, 5.41) is 7.55. The van der Waals surface area contributed by atoms with Gasteiger partial charge in [-0.1, -0.05) is 6.07 Å². The van der Waals surface area contributed by atoms with E-state index in [-0.39, 0.29) is 0 Å². The van der Waals surface area contributed by atoms with Gasteiger partial charge < -0.3 is 20.4 Å². The van der Waals surface area contributed by atoms with Crippen LogP contribution < -0.4 is 15.5 Å². The molecule has 0 aromatic carbocycles. The number of rotatable bonds is 6. The molecule has 0 bridgehead atoms. The van der Waals surface area contributed by atoms with E-state index in [1.54, 1.807) is 0 Å². The Morgan fingerprint density at radius 2 is 2.12 bits per heavy atom. The number of aromatic nitrogens is 1. The second-order valence-electron chi connectivity index (χ2n) is 7.03. The predicted octanol–water partition coefficient (Wildman–Crippen LogP) is 1.78. The largest absolute Gasteiger partial charge is 0.357 e. The van der Waals surface area contributed by atoms with Crippen molar-refractivity contribution in [2.24, 2.45) is 4.99 Å². The summed E-state index contributed by atoms with van der Waals surface area (Å²) in [5.74, 6) is 3.28. The molecule has 0 radical (unpaired) electrons. The van der Waals surface area contributed by atoms with Crippen molar-refractivity contribution in [1.82, 2.24) is 20.5 Å². The minimum atomic E-state index is 0.656. The first-order chi connectivity index (χ1) is 12.7. The summed E-state index contributed by atoms with van der Waals surface area (Å²) in [7, 11) is 2.17. The molecule has 2 aliphatic rings. The lowest BCUT2D eigenvalue weighted by Gasteiger charge is -2.33. The van der Waals surface area contributed by atoms with Crippen molar-refractivity contribution in [3.8, 4) is 0 Å². The van der Waals surface area contributed by atoms with Gasteiger partial charge in [-0.25, -0.2) is 9.98 Å². The summed E-state index contributed by atoms with van der Waals surface area (Å²) in [5.41, 5.74) is 1.15. The summed E-state index contributed by atoms with van der Waals surface area (Å²) in [6, 6.07) is 4.28. The number of nitrogens with one attached hydrogen (secondary N) is 2. The van der Waals surface area contributed by atoms with E-state index < -0.39 is 0 Å². The van der Waals surface area contributed by atoms with E-state index >= 15 is 0 Å². The highest BCUT2D eigenvalue weighted by Gasteiger charge is 2.16. The van der Waals surface area contributed by atoms with Gasteiger partial charge in [-0.15, -0.1) is 0 Å². The van der Waals surface area contributed by atoms with Crippen molar-refractivity contribution in [1.29, 1.82) is 0 Å². The van der Waals surface area contributed by atoms with E-state index in [1.807, 2.05) is 6.20 Å². The summed E-state index contributed by atoms with van der Waals surface area (Å²) in [6.45, 7) is 8.94. The number of hydrogen-bond donors (Lipinski definition) is 2. The van der Waals surface area contributed by atoms with Crippen LogP contribution in [-0.4, -0.2) is 73.2 Å². The summed E-state index contributed by atoms with van der Waals surface area (Å²) >= 11 is 2.07. The molecule has 0 spiro atoms. The molecular formula is C19H32N6S. The quantitative estimate of drug-likeness (QED) is 0.583. The maximum Gasteiger partial charge on any atom is 0.191 e. The lowest BCUT2D eigenvalue weighted by molar-refractivity contribution is 0.312. The number of aliphatic imine (C=N–C) groups is 1. The SMILES string of the molecule is CCNC(=NCc1ccc(N2CCN(C)CC2)nc1)NCC1CCCS1. The maximum absolute atomic E-state index is 4.72. The van der Waals surface area contributed by atoms with E-state index in [4.69, 9.17) is 4.99 Å². The van der Waals surface area contributed by atoms with Crippen molar-refractivity contribution >= 4 is 23.5 Å². The Morgan fingerprint density at radius 1 is 1.27 bits per heavy atom. The highest BCUT2D eigenvalue weighted by Crippen LogP contribution is 2.25. The summed E-state index contributed by atoms with van der Waals surface area (Å²) in [4.78, 5) is 14.1. The zero-order chi connectivity index (χ0) is 18.2. The lowest BCUT2D eigenvalue weighted by Crippen LogP contribution is -2.44. The van der Waals surface area contributed by atoms with Crippen LogP contribution in [0.1, 0.15) is 25.3 Å². The number of piperazine rings is 1. The molecule has 2 fully saturated rings. The topological polar surface area (TPSA) is 55.8 Å². The third kappa shape index (κ3) is 5.77. The first-order valence-corrected chi connectivity index (χ1v) is 10.8. The second-order valence-corrected chi connectivity index (χ2v) is 8.43. The molecule has 1 atom stereocenters. The molecule has 6 nitrogen and oxygen atoms in total. The first-order valence-electron chi connectivity index (χ1n) is 9.77. The van der Waals surface area contributed by atoms with Gasteiger partial charge in [0.1, 0.15) is 5.82 Å². The Labute approximate surface area is 161 Å². The van der Waals surface area contributed by atoms with E-state index in [9.17, 15) is 0 Å². The average Bonchev–Trinajstić information content (AvgIpc) is 3.19. The van der Waals surface area contributed by atoms with E-state index in [1.165, 1.54) is 18.6 Å². The molecule has 2 saturated heterocycles. The Morgan fingerprint density at radius 3 is 2.77 bits per heavy atom. The van der Waals surface area contributed by atoms with Gasteiger partial charge in [0.05, 0.1) is 6.54 Å². The predicted molar refractivity (Wildman–Crippen MR) is 112 cm³/mol. The van der Waals surface area contributed by atoms with Crippen LogP contribution in [0.15, 0.2) is 23.3 Å². The highest BCUT2D eigenvalue weighted by molar-refractivity contribution is 8.00. The molecule has 1 aromatic rings. The second kappa shape index (κ2) is 10.0. The first kappa shape index (κ1) is 19.3. The minimum Gasteiger partial charge on any atom is -0.357 e. The lowest BCUT2D eigenvalue weighted by atomic mass is 10.2. The van der Waals surface area contributed by atoms with Gasteiger partial charge in [0.15, 0.2) is 5.96 Å².